The van der Waals surface area contributed by atoms with Crippen LogP contribution >= 0.6 is 11.8 Å². The number of nitrogens with one attached hydrogen (secondary N) is 1. The van der Waals surface area contributed by atoms with Crippen LogP contribution in [0.4, 0.5) is 11.4 Å². The molecule has 0 aliphatic rings. The number of thioether (sulfide) groups is 1. The molecular formula is C13H17N3S. The average molecular weight is 247 g/mol. The van der Waals surface area contributed by atoms with Gasteiger partial charge in [-0.3, -0.25) is 4.98 Å². The van der Waals surface area contributed by atoms with Crippen LogP contribution in [-0.4, -0.2) is 23.0 Å². The van der Waals surface area contributed by atoms with E-state index in [1.165, 1.54) is 0 Å². The molecular weight excluding hydrogens is 230 g/mol. The Kier molecular flexibility index (Phi) is 3.74. The first-order valence-electron chi connectivity index (χ1n) is 5.61. The van der Waals surface area contributed by atoms with Crippen LogP contribution in [-0.2, 0) is 0 Å². The van der Waals surface area contributed by atoms with Crippen molar-refractivity contribution in [2.75, 3.05) is 23.1 Å². The molecule has 0 saturated carbocycles. The van der Waals surface area contributed by atoms with E-state index in [1.807, 2.05) is 36.0 Å². The van der Waals surface area contributed by atoms with E-state index in [1.54, 1.807) is 6.20 Å². The lowest BCUT2D eigenvalue weighted by molar-refractivity contribution is 0.916. The van der Waals surface area contributed by atoms with Crippen LogP contribution < -0.4 is 11.1 Å². The molecule has 0 aliphatic carbocycles. The number of aromatic nitrogens is 1. The average Bonchev–Trinajstić information content (AvgIpc) is 2.31. The molecule has 0 radical (unpaired) electrons. The van der Waals surface area contributed by atoms with E-state index in [2.05, 4.69) is 23.5 Å². The summed E-state index contributed by atoms with van der Waals surface area (Å²) in [6.07, 6.45) is 3.91. The molecule has 1 aromatic heterocycles. The summed E-state index contributed by atoms with van der Waals surface area (Å²) in [7, 11) is 0. The van der Waals surface area contributed by atoms with Crippen molar-refractivity contribution in [1.82, 2.24) is 4.98 Å². The molecule has 0 amide bonds. The predicted octanol–water partition coefficient (Wildman–Crippen LogP) is 2.98. The second-order valence-corrected chi connectivity index (χ2v) is 5.01. The largest absolute Gasteiger partial charge is 0.397 e. The fourth-order valence-electron chi connectivity index (χ4n) is 1.88. The fourth-order valence-corrected chi connectivity index (χ4v) is 2.47. The topological polar surface area (TPSA) is 50.9 Å². The molecule has 1 atom stereocenters. The number of hydrogen-bond donors (Lipinski definition) is 2. The van der Waals surface area contributed by atoms with Gasteiger partial charge in [0.15, 0.2) is 0 Å². The van der Waals surface area contributed by atoms with Gasteiger partial charge in [0.25, 0.3) is 0 Å². The van der Waals surface area contributed by atoms with E-state index in [9.17, 15) is 0 Å². The third-order valence-corrected chi connectivity index (χ3v) is 3.45. The fraction of sp³-hybridized carbons (Fsp3) is 0.308. The van der Waals surface area contributed by atoms with Crippen LogP contribution in [0.3, 0.4) is 0 Å². The van der Waals surface area contributed by atoms with E-state index >= 15 is 0 Å². The SMILES string of the molecule is CSCC(C)Nc1ccnc2c(N)cccc12. The van der Waals surface area contributed by atoms with Gasteiger partial charge in [-0.2, -0.15) is 11.8 Å². The Bertz CT molecular complexity index is 513. The number of rotatable bonds is 4. The van der Waals surface area contributed by atoms with Gasteiger partial charge in [-0.1, -0.05) is 12.1 Å². The van der Waals surface area contributed by atoms with E-state index in [0.29, 0.717) is 6.04 Å². The maximum absolute atomic E-state index is 5.92. The molecule has 3 N–H and O–H groups in total. The van der Waals surface area contributed by atoms with E-state index in [-0.39, 0.29) is 0 Å². The molecule has 0 saturated heterocycles. The smallest absolute Gasteiger partial charge is 0.0951 e. The Hall–Kier alpha value is -1.42. The molecule has 1 aromatic carbocycles. The highest BCUT2D eigenvalue weighted by Crippen LogP contribution is 2.26. The van der Waals surface area contributed by atoms with Gasteiger partial charge in [0.2, 0.25) is 0 Å². The number of nitrogens with two attached hydrogens (primary N) is 1. The van der Waals surface area contributed by atoms with Gasteiger partial charge < -0.3 is 11.1 Å². The van der Waals surface area contributed by atoms with Crippen LogP contribution in [0.1, 0.15) is 6.92 Å². The molecule has 1 heterocycles. The number of nitrogen functional groups attached to an aromatic ring is 1. The quantitative estimate of drug-likeness (QED) is 0.816. The van der Waals surface area contributed by atoms with Gasteiger partial charge in [-0.05, 0) is 25.3 Å². The highest BCUT2D eigenvalue weighted by Gasteiger charge is 2.06. The lowest BCUT2D eigenvalue weighted by Crippen LogP contribution is -2.17. The van der Waals surface area contributed by atoms with Gasteiger partial charge in [-0.25, -0.2) is 0 Å². The molecule has 1 unspecified atom stereocenters. The number of hydrogen-bond acceptors (Lipinski definition) is 4. The molecule has 0 bridgehead atoms. The number of nitrogens with zero attached hydrogens (tertiary/aromatic N) is 1. The second-order valence-electron chi connectivity index (χ2n) is 4.10. The standard InChI is InChI=1S/C13H17N3S/c1-9(8-17-2)16-12-6-7-15-13-10(12)4-3-5-11(13)14/h3-7,9H,8,14H2,1-2H3,(H,15,16). The summed E-state index contributed by atoms with van der Waals surface area (Å²) in [5, 5.41) is 4.58. The number of benzene rings is 1. The first-order chi connectivity index (χ1) is 8.22. The van der Waals surface area contributed by atoms with Crippen molar-refractivity contribution in [2.45, 2.75) is 13.0 Å². The molecule has 2 rings (SSSR count). The molecule has 17 heavy (non-hydrogen) atoms. The van der Waals surface area contributed by atoms with Crippen LogP contribution in [0, 0.1) is 0 Å². The van der Waals surface area contributed by atoms with Gasteiger partial charge in [0.1, 0.15) is 0 Å². The highest BCUT2D eigenvalue weighted by molar-refractivity contribution is 7.98. The van der Waals surface area contributed by atoms with E-state index < -0.39 is 0 Å². The van der Waals surface area contributed by atoms with Crippen LogP contribution in [0.5, 0.6) is 0 Å². The van der Waals surface area contributed by atoms with E-state index in [0.717, 1.165) is 28.0 Å². The maximum Gasteiger partial charge on any atom is 0.0951 e. The summed E-state index contributed by atoms with van der Waals surface area (Å²) in [6.45, 7) is 2.18. The third-order valence-electron chi connectivity index (χ3n) is 2.62. The molecule has 0 fully saturated rings. The van der Waals surface area contributed by atoms with Crippen LogP contribution in [0.2, 0.25) is 0 Å². The lowest BCUT2D eigenvalue weighted by atomic mass is 10.1. The van der Waals surface area contributed by atoms with Crippen LogP contribution in [0.25, 0.3) is 10.9 Å². The summed E-state index contributed by atoms with van der Waals surface area (Å²) < 4.78 is 0. The number of para-hydroxylation sites is 1. The Morgan fingerprint density at radius 1 is 1.41 bits per heavy atom. The first-order valence-corrected chi connectivity index (χ1v) is 7.00. The minimum absolute atomic E-state index is 0.428. The summed E-state index contributed by atoms with van der Waals surface area (Å²) in [4.78, 5) is 4.32. The van der Waals surface area contributed by atoms with Gasteiger partial charge in [0, 0.05) is 29.1 Å². The van der Waals surface area contributed by atoms with Gasteiger partial charge in [0.05, 0.1) is 11.2 Å². The molecule has 0 aliphatic heterocycles. The van der Waals surface area contributed by atoms with Crippen molar-refractivity contribution in [1.29, 1.82) is 0 Å². The van der Waals surface area contributed by atoms with Crippen molar-refractivity contribution >= 4 is 34.0 Å². The zero-order chi connectivity index (χ0) is 12.3. The van der Waals surface area contributed by atoms with E-state index in [4.69, 9.17) is 5.73 Å². The Balaban J connectivity index is 2.37. The first kappa shape index (κ1) is 12.0. The Labute approximate surface area is 106 Å². The maximum atomic E-state index is 5.92. The third kappa shape index (κ3) is 2.64. The second kappa shape index (κ2) is 5.27. The normalized spacial score (nSPS) is 12.6. The van der Waals surface area contributed by atoms with Crippen molar-refractivity contribution in [3.8, 4) is 0 Å². The minimum Gasteiger partial charge on any atom is -0.397 e. The van der Waals surface area contributed by atoms with Gasteiger partial charge in [-0.15, -0.1) is 0 Å². The summed E-state index contributed by atoms with van der Waals surface area (Å²) in [5.74, 6) is 1.08. The van der Waals surface area contributed by atoms with Crippen molar-refractivity contribution in [3.05, 3.63) is 30.5 Å². The molecule has 3 nitrogen and oxygen atoms in total. The number of pyridine rings is 1. The minimum atomic E-state index is 0.428. The van der Waals surface area contributed by atoms with Crippen molar-refractivity contribution in [2.24, 2.45) is 0 Å². The predicted molar refractivity (Wildman–Crippen MR) is 77.6 cm³/mol. The number of fused-ring (bicyclic) bond motifs is 1. The van der Waals surface area contributed by atoms with Crippen LogP contribution in [0.15, 0.2) is 30.5 Å². The summed E-state index contributed by atoms with van der Waals surface area (Å²) in [6, 6.07) is 8.32. The Morgan fingerprint density at radius 3 is 3.00 bits per heavy atom. The molecule has 0 spiro atoms. The monoisotopic (exact) mass is 247 g/mol. The summed E-state index contributed by atoms with van der Waals surface area (Å²) >= 11 is 1.83. The zero-order valence-electron chi connectivity index (χ0n) is 10.1. The molecule has 90 valence electrons. The van der Waals surface area contributed by atoms with Crippen molar-refractivity contribution in [3.63, 3.8) is 0 Å². The molecule has 2 aromatic rings. The molecule has 4 heteroatoms. The Morgan fingerprint density at radius 2 is 2.24 bits per heavy atom. The number of anilines is 2. The summed E-state index contributed by atoms with van der Waals surface area (Å²) in [5.41, 5.74) is 8.62. The zero-order valence-corrected chi connectivity index (χ0v) is 10.9. The van der Waals surface area contributed by atoms with Crippen molar-refractivity contribution < 1.29 is 0 Å². The highest BCUT2D eigenvalue weighted by atomic mass is 32.2. The van der Waals surface area contributed by atoms with Gasteiger partial charge >= 0.3 is 0 Å². The lowest BCUT2D eigenvalue weighted by Gasteiger charge is -2.15.